The Hall–Kier alpha value is -3.41. The summed E-state index contributed by atoms with van der Waals surface area (Å²) in [5, 5.41) is 5.51. The molecule has 1 fully saturated rings. The second-order valence-electron chi connectivity index (χ2n) is 6.78. The Morgan fingerprint density at radius 3 is 2.75 bits per heavy atom. The van der Waals surface area contributed by atoms with Crippen molar-refractivity contribution in [3.05, 3.63) is 72.3 Å². The van der Waals surface area contributed by atoms with Crippen LogP contribution < -0.4 is 15.5 Å². The summed E-state index contributed by atoms with van der Waals surface area (Å²) in [5.41, 5.74) is 2.65. The van der Waals surface area contributed by atoms with Crippen molar-refractivity contribution in [1.82, 2.24) is 5.32 Å². The second-order valence-corrected chi connectivity index (χ2v) is 6.78. The fraction of sp³-hybridized carbons (Fsp3) is 0.227. The zero-order valence-electron chi connectivity index (χ0n) is 15.8. The van der Waals surface area contributed by atoms with Gasteiger partial charge in [0.2, 0.25) is 11.8 Å². The highest BCUT2D eigenvalue weighted by Crippen LogP contribution is 2.27. The summed E-state index contributed by atoms with van der Waals surface area (Å²) >= 11 is 0. The smallest absolute Gasteiger partial charge is 0.253 e. The van der Waals surface area contributed by atoms with E-state index < -0.39 is 5.92 Å². The highest BCUT2D eigenvalue weighted by atomic mass is 16.2. The summed E-state index contributed by atoms with van der Waals surface area (Å²) < 4.78 is 0. The molecule has 6 heteroatoms. The summed E-state index contributed by atoms with van der Waals surface area (Å²) in [4.78, 5) is 39.1. The lowest BCUT2D eigenvalue weighted by atomic mass is 10.1. The number of para-hydroxylation sites is 1. The van der Waals surface area contributed by atoms with Crippen LogP contribution in [0.1, 0.15) is 22.3 Å². The van der Waals surface area contributed by atoms with Crippen molar-refractivity contribution in [3.8, 4) is 0 Å². The number of amides is 3. The van der Waals surface area contributed by atoms with Crippen molar-refractivity contribution in [3.63, 3.8) is 0 Å². The van der Waals surface area contributed by atoms with E-state index in [4.69, 9.17) is 0 Å². The van der Waals surface area contributed by atoms with E-state index in [1.807, 2.05) is 31.2 Å². The molecule has 144 valence electrons. The average Bonchev–Trinajstić information content (AvgIpc) is 3.08. The van der Waals surface area contributed by atoms with Crippen molar-refractivity contribution < 1.29 is 14.4 Å². The van der Waals surface area contributed by atoms with Crippen LogP contribution >= 0.6 is 0 Å². The molecular formula is C22H23N3O3. The summed E-state index contributed by atoms with van der Waals surface area (Å²) in [6.07, 6.45) is 1.73. The van der Waals surface area contributed by atoms with Crippen LogP contribution in [0, 0.1) is 12.8 Å². The van der Waals surface area contributed by atoms with Gasteiger partial charge in [0.1, 0.15) is 0 Å². The molecule has 0 radical (unpaired) electrons. The van der Waals surface area contributed by atoms with E-state index in [0.29, 0.717) is 24.3 Å². The van der Waals surface area contributed by atoms with E-state index in [-0.39, 0.29) is 24.1 Å². The number of hydrogen-bond acceptors (Lipinski definition) is 3. The highest BCUT2D eigenvalue weighted by molar-refractivity contribution is 6.07. The van der Waals surface area contributed by atoms with Gasteiger partial charge in [-0.2, -0.15) is 0 Å². The molecule has 1 aliphatic rings. The molecule has 1 saturated heterocycles. The van der Waals surface area contributed by atoms with Crippen LogP contribution in [-0.2, 0) is 9.59 Å². The van der Waals surface area contributed by atoms with Crippen LogP contribution in [-0.4, -0.2) is 30.8 Å². The summed E-state index contributed by atoms with van der Waals surface area (Å²) in [5.74, 6) is -1.12. The van der Waals surface area contributed by atoms with Gasteiger partial charge in [-0.1, -0.05) is 30.3 Å². The van der Waals surface area contributed by atoms with Gasteiger partial charge >= 0.3 is 0 Å². The maximum absolute atomic E-state index is 12.8. The lowest BCUT2D eigenvalue weighted by molar-refractivity contribution is -0.122. The Kier molecular flexibility index (Phi) is 5.89. The molecule has 2 aromatic carbocycles. The molecule has 28 heavy (non-hydrogen) atoms. The van der Waals surface area contributed by atoms with Crippen LogP contribution in [0.4, 0.5) is 11.4 Å². The van der Waals surface area contributed by atoms with Crippen molar-refractivity contribution in [1.29, 1.82) is 0 Å². The van der Waals surface area contributed by atoms with Crippen LogP contribution in [0.15, 0.2) is 61.2 Å². The molecule has 2 N–H and O–H groups in total. The molecule has 0 saturated carbocycles. The predicted molar refractivity (Wildman–Crippen MR) is 109 cm³/mol. The number of carbonyl (C=O) groups is 3. The van der Waals surface area contributed by atoms with Crippen molar-refractivity contribution in [2.45, 2.75) is 13.3 Å². The number of hydrogen-bond donors (Lipinski definition) is 2. The molecule has 0 aliphatic carbocycles. The van der Waals surface area contributed by atoms with E-state index >= 15 is 0 Å². The number of nitrogens with one attached hydrogen (secondary N) is 2. The molecule has 0 aromatic heterocycles. The second kappa shape index (κ2) is 8.52. The standard InChI is InChI=1S/C22H23N3O3/c1-3-11-23-22(28)18-9-4-5-10-19(18)24-21(27)16-13-20(26)25(14-16)17-8-6-7-15(2)12-17/h3-10,12,16H,1,11,13-14H2,2H3,(H,23,28)(H,24,27)/t16-/m1/s1. The molecule has 3 amide bonds. The molecule has 1 heterocycles. The van der Waals surface area contributed by atoms with E-state index in [1.165, 1.54) is 0 Å². The number of aryl methyl sites for hydroxylation is 1. The number of carbonyl (C=O) groups excluding carboxylic acids is 3. The quantitative estimate of drug-likeness (QED) is 0.760. The Labute approximate surface area is 164 Å². The molecule has 0 unspecified atom stereocenters. The number of anilines is 2. The minimum absolute atomic E-state index is 0.0808. The molecular weight excluding hydrogens is 354 g/mol. The lowest BCUT2D eigenvalue weighted by Gasteiger charge is -2.17. The molecule has 0 bridgehead atoms. The minimum atomic E-state index is -0.475. The molecule has 3 rings (SSSR count). The summed E-state index contributed by atoms with van der Waals surface area (Å²) in [7, 11) is 0. The normalized spacial score (nSPS) is 16.0. The van der Waals surface area contributed by atoms with E-state index in [0.717, 1.165) is 11.3 Å². The fourth-order valence-corrected chi connectivity index (χ4v) is 3.21. The summed E-state index contributed by atoms with van der Waals surface area (Å²) in [6.45, 7) is 6.19. The molecule has 6 nitrogen and oxygen atoms in total. The van der Waals surface area contributed by atoms with Gasteiger partial charge < -0.3 is 15.5 Å². The van der Waals surface area contributed by atoms with Gasteiger partial charge in [0.25, 0.3) is 5.91 Å². The van der Waals surface area contributed by atoms with Gasteiger partial charge in [-0.15, -0.1) is 6.58 Å². The van der Waals surface area contributed by atoms with Gasteiger partial charge in [0.05, 0.1) is 17.2 Å². The lowest BCUT2D eigenvalue weighted by Crippen LogP contribution is -2.29. The number of benzene rings is 2. The first kappa shape index (κ1) is 19.4. The van der Waals surface area contributed by atoms with Gasteiger partial charge in [-0.3, -0.25) is 14.4 Å². The van der Waals surface area contributed by atoms with E-state index in [2.05, 4.69) is 17.2 Å². The topological polar surface area (TPSA) is 78.5 Å². The maximum Gasteiger partial charge on any atom is 0.253 e. The van der Waals surface area contributed by atoms with E-state index in [1.54, 1.807) is 35.2 Å². The Morgan fingerprint density at radius 1 is 1.21 bits per heavy atom. The van der Waals surface area contributed by atoms with E-state index in [9.17, 15) is 14.4 Å². The highest BCUT2D eigenvalue weighted by Gasteiger charge is 2.35. The van der Waals surface area contributed by atoms with Crippen molar-refractivity contribution >= 4 is 29.1 Å². The third-order valence-electron chi connectivity index (χ3n) is 4.65. The zero-order chi connectivity index (χ0) is 20.1. The third-order valence-corrected chi connectivity index (χ3v) is 4.65. The van der Waals surface area contributed by atoms with Crippen molar-refractivity contribution in [2.75, 3.05) is 23.3 Å². The predicted octanol–water partition coefficient (Wildman–Crippen LogP) is 2.90. The Morgan fingerprint density at radius 2 is 2.00 bits per heavy atom. The van der Waals surface area contributed by atoms with Crippen LogP contribution in [0.5, 0.6) is 0 Å². The van der Waals surface area contributed by atoms with Gasteiger partial charge in [0.15, 0.2) is 0 Å². The molecule has 1 aliphatic heterocycles. The minimum Gasteiger partial charge on any atom is -0.349 e. The van der Waals surface area contributed by atoms with Gasteiger partial charge in [-0.05, 0) is 36.8 Å². The first-order chi connectivity index (χ1) is 13.5. The molecule has 0 spiro atoms. The first-order valence-electron chi connectivity index (χ1n) is 9.15. The molecule has 1 atom stereocenters. The van der Waals surface area contributed by atoms with Crippen LogP contribution in [0.2, 0.25) is 0 Å². The first-order valence-corrected chi connectivity index (χ1v) is 9.15. The molecule has 2 aromatic rings. The Bertz CT molecular complexity index is 923. The van der Waals surface area contributed by atoms with Crippen LogP contribution in [0.25, 0.3) is 0 Å². The number of rotatable bonds is 6. The maximum atomic E-state index is 12.8. The Balaban J connectivity index is 1.72. The average molecular weight is 377 g/mol. The summed E-state index contributed by atoms with van der Waals surface area (Å²) in [6, 6.07) is 14.5. The number of nitrogens with zero attached hydrogens (tertiary/aromatic N) is 1. The van der Waals surface area contributed by atoms with Gasteiger partial charge in [-0.25, -0.2) is 0 Å². The zero-order valence-corrected chi connectivity index (χ0v) is 15.8. The van der Waals surface area contributed by atoms with Crippen LogP contribution in [0.3, 0.4) is 0 Å². The SMILES string of the molecule is C=CCNC(=O)c1ccccc1NC(=O)[C@@H]1CC(=O)N(c2cccc(C)c2)C1. The monoisotopic (exact) mass is 377 g/mol. The van der Waals surface area contributed by atoms with Crippen molar-refractivity contribution in [2.24, 2.45) is 5.92 Å². The van der Waals surface area contributed by atoms with Gasteiger partial charge in [0, 0.05) is 25.2 Å². The largest absolute Gasteiger partial charge is 0.349 e. The third kappa shape index (κ3) is 4.28. The fourth-order valence-electron chi connectivity index (χ4n) is 3.21.